The first-order chi connectivity index (χ1) is 11.6. The molecule has 2 aromatic rings. The van der Waals surface area contributed by atoms with Gasteiger partial charge in [0.1, 0.15) is 5.82 Å². The zero-order chi connectivity index (χ0) is 16.9. The molecule has 2 aromatic carbocycles. The molecule has 24 heavy (non-hydrogen) atoms. The average Bonchev–Trinajstić information content (AvgIpc) is 2.63. The monoisotopic (exact) mass is 328 g/mol. The van der Waals surface area contributed by atoms with E-state index in [1.807, 2.05) is 31.2 Å². The number of anilines is 1. The molecule has 1 amide bonds. The van der Waals surface area contributed by atoms with E-state index in [4.69, 9.17) is 4.74 Å². The molecule has 1 aliphatic rings. The highest BCUT2D eigenvalue weighted by Crippen LogP contribution is 2.18. The summed E-state index contributed by atoms with van der Waals surface area (Å²) in [6, 6.07) is 13.6. The minimum Gasteiger partial charge on any atom is -0.378 e. The molecule has 1 atom stereocenters. The summed E-state index contributed by atoms with van der Waals surface area (Å²) in [5, 5.41) is 2.94. The summed E-state index contributed by atoms with van der Waals surface area (Å²) >= 11 is 0. The molecule has 0 radical (unpaired) electrons. The maximum absolute atomic E-state index is 13.0. The highest BCUT2D eigenvalue weighted by Gasteiger charge is 2.14. The Bertz CT molecular complexity index is 680. The maximum Gasteiger partial charge on any atom is 0.251 e. The van der Waals surface area contributed by atoms with Gasteiger partial charge in [0.05, 0.1) is 19.3 Å². The highest BCUT2D eigenvalue weighted by atomic mass is 19.1. The Morgan fingerprint density at radius 1 is 1.08 bits per heavy atom. The number of hydrogen-bond donors (Lipinski definition) is 1. The number of halogens is 1. The van der Waals surface area contributed by atoms with Gasteiger partial charge in [-0.2, -0.15) is 0 Å². The molecule has 0 unspecified atom stereocenters. The Morgan fingerprint density at radius 2 is 1.71 bits per heavy atom. The van der Waals surface area contributed by atoms with Gasteiger partial charge in [-0.25, -0.2) is 4.39 Å². The van der Waals surface area contributed by atoms with E-state index in [2.05, 4.69) is 10.2 Å². The summed E-state index contributed by atoms with van der Waals surface area (Å²) in [5.74, 6) is -0.420. The lowest BCUT2D eigenvalue weighted by Gasteiger charge is -2.28. The number of rotatable bonds is 4. The molecule has 1 N–H and O–H groups in total. The van der Waals surface area contributed by atoms with Gasteiger partial charge in [0.25, 0.3) is 5.91 Å². The fourth-order valence-electron chi connectivity index (χ4n) is 2.76. The van der Waals surface area contributed by atoms with Crippen LogP contribution in [0.5, 0.6) is 0 Å². The van der Waals surface area contributed by atoms with Crippen LogP contribution in [0.15, 0.2) is 48.5 Å². The van der Waals surface area contributed by atoms with Gasteiger partial charge in [-0.1, -0.05) is 12.1 Å². The number of carbonyl (C=O) groups is 1. The Labute approximate surface area is 141 Å². The molecular formula is C19H21FN2O2. The first kappa shape index (κ1) is 16.5. The lowest BCUT2D eigenvalue weighted by Crippen LogP contribution is -2.36. The lowest BCUT2D eigenvalue weighted by atomic mass is 10.1. The number of amides is 1. The fraction of sp³-hybridized carbons (Fsp3) is 0.316. The van der Waals surface area contributed by atoms with Crippen molar-refractivity contribution in [2.75, 3.05) is 31.2 Å². The Balaban J connectivity index is 1.63. The van der Waals surface area contributed by atoms with Gasteiger partial charge in [-0.05, 0) is 48.9 Å². The van der Waals surface area contributed by atoms with Crippen LogP contribution in [0, 0.1) is 5.82 Å². The molecule has 0 aliphatic carbocycles. The van der Waals surface area contributed by atoms with Crippen molar-refractivity contribution in [3.8, 4) is 0 Å². The number of ether oxygens (including phenoxy) is 1. The molecule has 1 saturated heterocycles. The van der Waals surface area contributed by atoms with E-state index in [0.717, 1.165) is 37.6 Å². The second-order valence-electron chi connectivity index (χ2n) is 5.89. The molecule has 1 aliphatic heterocycles. The number of nitrogens with one attached hydrogen (secondary N) is 1. The number of nitrogens with zero attached hydrogens (tertiary/aromatic N) is 1. The molecule has 5 heteroatoms. The molecule has 0 spiro atoms. The van der Waals surface area contributed by atoms with Crippen molar-refractivity contribution in [2.45, 2.75) is 13.0 Å². The van der Waals surface area contributed by atoms with Crippen LogP contribution in [-0.4, -0.2) is 32.2 Å². The maximum atomic E-state index is 13.0. The minimum atomic E-state index is -0.282. The van der Waals surface area contributed by atoms with Crippen molar-refractivity contribution in [1.82, 2.24) is 5.32 Å². The second kappa shape index (κ2) is 7.45. The molecule has 0 saturated carbocycles. The zero-order valence-electron chi connectivity index (χ0n) is 13.7. The minimum absolute atomic E-state index is 0.139. The molecule has 1 heterocycles. The topological polar surface area (TPSA) is 41.6 Å². The number of carbonyl (C=O) groups excluding carboxylic acids is 1. The van der Waals surface area contributed by atoms with Crippen LogP contribution in [0.2, 0.25) is 0 Å². The zero-order valence-corrected chi connectivity index (χ0v) is 13.7. The highest BCUT2D eigenvalue weighted by molar-refractivity contribution is 5.94. The first-order valence-corrected chi connectivity index (χ1v) is 8.12. The summed E-state index contributed by atoms with van der Waals surface area (Å²) in [4.78, 5) is 14.6. The van der Waals surface area contributed by atoms with Crippen molar-refractivity contribution in [2.24, 2.45) is 0 Å². The van der Waals surface area contributed by atoms with Crippen molar-refractivity contribution >= 4 is 11.6 Å². The number of benzene rings is 2. The van der Waals surface area contributed by atoms with E-state index in [1.165, 1.54) is 12.1 Å². The van der Waals surface area contributed by atoms with Gasteiger partial charge in [0, 0.05) is 24.3 Å². The number of morpholine rings is 1. The van der Waals surface area contributed by atoms with Gasteiger partial charge < -0.3 is 15.0 Å². The molecule has 126 valence electrons. The van der Waals surface area contributed by atoms with Crippen LogP contribution in [-0.2, 0) is 4.74 Å². The largest absolute Gasteiger partial charge is 0.378 e. The van der Waals surface area contributed by atoms with E-state index in [0.29, 0.717) is 5.56 Å². The Hall–Kier alpha value is -2.40. The third kappa shape index (κ3) is 3.92. The van der Waals surface area contributed by atoms with Crippen LogP contribution < -0.4 is 10.2 Å². The van der Waals surface area contributed by atoms with E-state index >= 15 is 0 Å². The van der Waals surface area contributed by atoms with E-state index in [-0.39, 0.29) is 17.8 Å². The summed E-state index contributed by atoms with van der Waals surface area (Å²) < 4.78 is 18.3. The van der Waals surface area contributed by atoms with Crippen molar-refractivity contribution in [1.29, 1.82) is 0 Å². The third-order valence-electron chi connectivity index (χ3n) is 4.22. The van der Waals surface area contributed by atoms with Crippen molar-refractivity contribution in [3.05, 3.63) is 65.5 Å². The SMILES string of the molecule is C[C@@H](NC(=O)c1ccc(N2CCOCC2)cc1)c1ccc(F)cc1. The van der Waals surface area contributed by atoms with Gasteiger partial charge in [-0.3, -0.25) is 4.79 Å². The van der Waals surface area contributed by atoms with Gasteiger partial charge in [0.2, 0.25) is 0 Å². The predicted octanol–water partition coefficient (Wildman–Crippen LogP) is 3.15. The smallest absolute Gasteiger partial charge is 0.251 e. The van der Waals surface area contributed by atoms with Crippen molar-refractivity contribution in [3.63, 3.8) is 0 Å². The summed E-state index contributed by atoms with van der Waals surface area (Å²) in [5.41, 5.74) is 2.58. The molecular weight excluding hydrogens is 307 g/mol. The molecule has 3 rings (SSSR count). The standard InChI is InChI=1S/C19H21FN2O2/c1-14(15-2-6-17(20)7-3-15)21-19(23)16-4-8-18(9-5-16)22-10-12-24-13-11-22/h2-9,14H,10-13H2,1H3,(H,21,23)/t14-/m1/s1. The van der Waals surface area contributed by atoms with Gasteiger partial charge in [-0.15, -0.1) is 0 Å². The normalized spacial score (nSPS) is 15.8. The van der Waals surface area contributed by atoms with E-state index in [9.17, 15) is 9.18 Å². The number of hydrogen-bond acceptors (Lipinski definition) is 3. The van der Waals surface area contributed by atoms with Crippen molar-refractivity contribution < 1.29 is 13.9 Å². The summed E-state index contributed by atoms with van der Waals surface area (Å²) in [6.45, 7) is 5.09. The summed E-state index contributed by atoms with van der Waals surface area (Å²) in [7, 11) is 0. The predicted molar refractivity (Wildman–Crippen MR) is 91.8 cm³/mol. The van der Waals surface area contributed by atoms with Crippen LogP contribution in [0.1, 0.15) is 28.9 Å². The van der Waals surface area contributed by atoms with E-state index < -0.39 is 0 Å². The van der Waals surface area contributed by atoms with Crippen LogP contribution in [0.4, 0.5) is 10.1 Å². The average molecular weight is 328 g/mol. The van der Waals surface area contributed by atoms with Crippen LogP contribution in [0.3, 0.4) is 0 Å². The molecule has 4 nitrogen and oxygen atoms in total. The fourth-order valence-corrected chi connectivity index (χ4v) is 2.76. The van der Waals surface area contributed by atoms with Crippen LogP contribution in [0.25, 0.3) is 0 Å². The third-order valence-corrected chi connectivity index (χ3v) is 4.22. The molecule has 0 bridgehead atoms. The van der Waals surface area contributed by atoms with E-state index in [1.54, 1.807) is 12.1 Å². The lowest BCUT2D eigenvalue weighted by molar-refractivity contribution is 0.0940. The summed E-state index contributed by atoms with van der Waals surface area (Å²) in [6.07, 6.45) is 0. The Kier molecular flexibility index (Phi) is 5.11. The molecule has 0 aromatic heterocycles. The first-order valence-electron chi connectivity index (χ1n) is 8.12. The second-order valence-corrected chi connectivity index (χ2v) is 5.89. The molecule has 1 fully saturated rings. The Morgan fingerprint density at radius 3 is 2.33 bits per heavy atom. The van der Waals surface area contributed by atoms with Gasteiger partial charge >= 0.3 is 0 Å². The quantitative estimate of drug-likeness (QED) is 0.937. The van der Waals surface area contributed by atoms with Crippen LogP contribution >= 0.6 is 0 Å². The van der Waals surface area contributed by atoms with Gasteiger partial charge in [0.15, 0.2) is 0 Å².